The molecule has 2 aromatic carbocycles. The lowest BCUT2D eigenvalue weighted by molar-refractivity contribution is -0.122. The third-order valence-electron chi connectivity index (χ3n) is 3.19. The van der Waals surface area contributed by atoms with Crippen LogP contribution in [0, 0.1) is 0 Å². The maximum absolute atomic E-state index is 12.0. The SMILES string of the molecule is O=C(Cn1nnc(-c2ccccc2)n1)NNC(=S)Nc1ccc(Br)cc1. The summed E-state index contributed by atoms with van der Waals surface area (Å²) in [5.74, 6) is 0.0979. The first-order valence-corrected chi connectivity index (χ1v) is 8.75. The Morgan fingerprint density at radius 3 is 2.54 bits per heavy atom. The maximum Gasteiger partial charge on any atom is 0.262 e. The van der Waals surface area contributed by atoms with Gasteiger partial charge in [-0.15, -0.1) is 10.2 Å². The van der Waals surface area contributed by atoms with Gasteiger partial charge in [0.2, 0.25) is 5.82 Å². The zero-order valence-corrected chi connectivity index (χ0v) is 15.8. The van der Waals surface area contributed by atoms with Crippen molar-refractivity contribution in [1.29, 1.82) is 0 Å². The zero-order chi connectivity index (χ0) is 18.4. The summed E-state index contributed by atoms with van der Waals surface area (Å²) in [7, 11) is 0. The third-order valence-corrected chi connectivity index (χ3v) is 3.92. The fraction of sp³-hybridized carbons (Fsp3) is 0.0625. The van der Waals surface area contributed by atoms with Gasteiger partial charge in [-0.05, 0) is 41.7 Å². The molecular formula is C16H14BrN7OS. The number of carbonyl (C=O) groups excluding carboxylic acids is 1. The molecule has 0 aliphatic rings. The molecule has 0 radical (unpaired) electrons. The minimum atomic E-state index is -0.359. The molecule has 3 N–H and O–H groups in total. The third kappa shape index (κ3) is 5.07. The second kappa shape index (κ2) is 8.50. The predicted octanol–water partition coefficient (Wildman–Crippen LogP) is 2.12. The van der Waals surface area contributed by atoms with Crippen molar-refractivity contribution in [2.75, 3.05) is 5.32 Å². The van der Waals surface area contributed by atoms with E-state index in [-0.39, 0.29) is 17.6 Å². The Morgan fingerprint density at radius 2 is 1.81 bits per heavy atom. The average molecular weight is 432 g/mol. The summed E-state index contributed by atoms with van der Waals surface area (Å²) in [6, 6.07) is 16.9. The van der Waals surface area contributed by atoms with Crippen molar-refractivity contribution < 1.29 is 4.79 Å². The molecule has 0 saturated heterocycles. The number of thiocarbonyl (C=S) groups is 1. The van der Waals surface area contributed by atoms with E-state index < -0.39 is 0 Å². The minimum Gasteiger partial charge on any atom is -0.331 e. The van der Waals surface area contributed by atoms with Crippen molar-refractivity contribution in [3.05, 3.63) is 59.1 Å². The molecule has 8 nitrogen and oxygen atoms in total. The smallest absolute Gasteiger partial charge is 0.262 e. The molecule has 0 atom stereocenters. The molecule has 0 unspecified atom stereocenters. The maximum atomic E-state index is 12.0. The molecule has 3 aromatic rings. The summed E-state index contributed by atoms with van der Waals surface area (Å²) in [6.07, 6.45) is 0. The summed E-state index contributed by atoms with van der Waals surface area (Å²) < 4.78 is 0.963. The highest BCUT2D eigenvalue weighted by atomic mass is 79.9. The van der Waals surface area contributed by atoms with E-state index in [9.17, 15) is 4.79 Å². The number of anilines is 1. The number of amides is 1. The number of carbonyl (C=O) groups is 1. The van der Waals surface area contributed by atoms with Crippen LogP contribution in [0.2, 0.25) is 0 Å². The lowest BCUT2D eigenvalue weighted by Crippen LogP contribution is -2.45. The Bertz CT molecular complexity index is 898. The standard InChI is InChI=1S/C16H14BrN7OS/c17-12-6-8-13(9-7-12)18-16(26)21-19-14(25)10-24-22-15(20-23-24)11-4-2-1-3-5-11/h1-9H,10H2,(H,19,25)(H2,18,21,26). The molecule has 1 aromatic heterocycles. The molecule has 10 heteroatoms. The molecule has 3 rings (SSSR count). The van der Waals surface area contributed by atoms with E-state index in [0.717, 1.165) is 15.7 Å². The number of aromatic nitrogens is 4. The highest BCUT2D eigenvalue weighted by molar-refractivity contribution is 9.10. The van der Waals surface area contributed by atoms with Gasteiger partial charge >= 0.3 is 0 Å². The van der Waals surface area contributed by atoms with E-state index in [2.05, 4.69) is 47.5 Å². The summed E-state index contributed by atoms with van der Waals surface area (Å²) in [4.78, 5) is 13.2. The molecule has 0 bridgehead atoms. The number of nitrogens with one attached hydrogen (secondary N) is 3. The molecule has 1 heterocycles. The molecular weight excluding hydrogens is 418 g/mol. The zero-order valence-electron chi connectivity index (χ0n) is 13.4. The first-order chi connectivity index (χ1) is 12.6. The summed E-state index contributed by atoms with van der Waals surface area (Å²) in [6.45, 7) is -0.0896. The highest BCUT2D eigenvalue weighted by Crippen LogP contribution is 2.14. The number of halogens is 1. The lowest BCUT2D eigenvalue weighted by Gasteiger charge is -2.11. The van der Waals surface area contributed by atoms with Crippen LogP contribution in [0.5, 0.6) is 0 Å². The first-order valence-electron chi connectivity index (χ1n) is 7.55. The fourth-order valence-electron chi connectivity index (χ4n) is 2.00. The van der Waals surface area contributed by atoms with Crippen LogP contribution in [0.3, 0.4) is 0 Å². The normalized spacial score (nSPS) is 10.2. The van der Waals surface area contributed by atoms with Crippen LogP contribution in [-0.4, -0.2) is 31.2 Å². The van der Waals surface area contributed by atoms with Gasteiger partial charge in [0.1, 0.15) is 6.54 Å². The van der Waals surface area contributed by atoms with Gasteiger partial charge in [0.25, 0.3) is 5.91 Å². The lowest BCUT2D eigenvalue weighted by atomic mass is 10.2. The molecule has 132 valence electrons. The van der Waals surface area contributed by atoms with Crippen LogP contribution in [0.1, 0.15) is 0 Å². The van der Waals surface area contributed by atoms with Crippen LogP contribution in [0.15, 0.2) is 59.1 Å². The Hall–Kier alpha value is -2.85. The second-order valence-corrected chi connectivity index (χ2v) is 6.47. The molecule has 0 fully saturated rings. The molecule has 0 aliphatic carbocycles. The number of rotatable bonds is 4. The predicted molar refractivity (Wildman–Crippen MR) is 105 cm³/mol. The van der Waals surface area contributed by atoms with Crippen LogP contribution >= 0.6 is 28.1 Å². The summed E-state index contributed by atoms with van der Waals surface area (Å²) >= 11 is 8.48. The van der Waals surface area contributed by atoms with E-state index in [0.29, 0.717) is 5.82 Å². The van der Waals surface area contributed by atoms with Crippen molar-refractivity contribution >= 4 is 44.9 Å². The van der Waals surface area contributed by atoms with Gasteiger partial charge in [-0.1, -0.05) is 46.3 Å². The van der Waals surface area contributed by atoms with Gasteiger partial charge < -0.3 is 5.32 Å². The quantitative estimate of drug-likeness (QED) is 0.429. The monoisotopic (exact) mass is 431 g/mol. The first kappa shape index (κ1) is 18.0. The van der Waals surface area contributed by atoms with Crippen molar-refractivity contribution in [3.8, 4) is 11.4 Å². The van der Waals surface area contributed by atoms with Crippen LogP contribution in [0.25, 0.3) is 11.4 Å². The van der Waals surface area contributed by atoms with Crippen LogP contribution in [0.4, 0.5) is 5.69 Å². The largest absolute Gasteiger partial charge is 0.331 e. The Labute approximate surface area is 163 Å². The Kier molecular flexibility index (Phi) is 5.87. The fourth-order valence-corrected chi connectivity index (χ4v) is 2.44. The molecule has 0 spiro atoms. The van der Waals surface area contributed by atoms with E-state index >= 15 is 0 Å². The van der Waals surface area contributed by atoms with Crippen molar-refractivity contribution in [1.82, 2.24) is 31.1 Å². The van der Waals surface area contributed by atoms with Gasteiger partial charge in [0.05, 0.1) is 0 Å². The number of hydrogen-bond acceptors (Lipinski definition) is 5. The summed E-state index contributed by atoms with van der Waals surface area (Å²) in [5, 5.41) is 15.2. The van der Waals surface area contributed by atoms with Gasteiger partial charge in [-0.3, -0.25) is 15.6 Å². The number of hydrogen-bond donors (Lipinski definition) is 3. The topological polar surface area (TPSA) is 96.8 Å². The molecule has 0 aliphatic heterocycles. The van der Waals surface area contributed by atoms with E-state index in [4.69, 9.17) is 12.2 Å². The average Bonchev–Trinajstić information content (AvgIpc) is 3.11. The van der Waals surface area contributed by atoms with Gasteiger partial charge in [-0.25, -0.2) is 0 Å². The van der Waals surface area contributed by atoms with Gasteiger partial charge in [0, 0.05) is 15.7 Å². The van der Waals surface area contributed by atoms with E-state index in [1.54, 1.807) is 0 Å². The van der Waals surface area contributed by atoms with Gasteiger partial charge in [0.15, 0.2) is 5.11 Å². The number of nitrogens with zero attached hydrogens (tertiary/aromatic N) is 4. The van der Waals surface area contributed by atoms with E-state index in [1.807, 2.05) is 54.6 Å². The molecule has 1 amide bonds. The summed E-state index contributed by atoms with van der Waals surface area (Å²) in [5.41, 5.74) is 6.73. The second-order valence-electron chi connectivity index (χ2n) is 5.14. The Balaban J connectivity index is 1.47. The van der Waals surface area contributed by atoms with Gasteiger partial charge in [-0.2, -0.15) is 4.80 Å². The Morgan fingerprint density at radius 1 is 1.08 bits per heavy atom. The van der Waals surface area contributed by atoms with Crippen molar-refractivity contribution in [3.63, 3.8) is 0 Å². The van der Waals surface area contributed by atoms with Crippen molar-refractivity contribution in [2.45, 2.75) is 6.54 Å². The van der Waals surface area contributed by atoms with Crippen molar-refractivity contribution in [2.24, 2.45) is 0 Å². The molecule has 26 heavy (non-hydrogen) atoms. The van der Waals surface area contributed by atoms with Crippen LogP contribution < -0.4 is 16.2 Å². The number of hydrazine groups is 1. The van der Waals surface area contributed by atoms with Crippen LogP contribution in [-0.2, 0) is 11.3 Å². The highest BCUT2D eigenvalue weighted by Gasteiger charge is 2.09. The number of tetrazole rings is 1. The molecule has 0 saturated carbocycles. The van der Waals surface area contributed by atoms with E-state index in [1.165, 1.54) is 4.80 Å². The minimum absolute atomic E-state index is 0.0896. The number of benzene rings is 2.